The summed E-state index contributed by atoms with van der Waals surface area (Å²) in [4.78, 5) is 0. The Labute approximate surface area is 85.8 Å². The van der Waals surface area contributed by atoms with Crippen molar-refractivity contribution in [3.8, 4) is 0 Å². The van der Waals surface area contributed by atoms with Crippen LogP contribution in [0.3, 0.4) is 0 Å². The minimum Gasteiger partial charge on any atom is -0.385 e. The Morgan fingerprint density at radius 1 is 1.36 bits per heavy atom. The second kappa shape index (κ2) is 3.39. The first-order chi connectivity index (χ1) is 6.62. The van der Waals surface area contributed by atoms with E-state index < -0.39 is 5.60 Å². The summed E-state index contributed by atoms with van der Waals surface area (Å²) in [6.45, 7) is 4.33. The molecule has 14 heavy (non-hydrogen) atoms. The van der Waals surface area contributed by atoms with Crippen LogP contribution in [0.25, 0.3) is 0 Å². The predicted octanol–water partition coefficient (Wildman–Crippen LogP) is 2.87. The largest absolute Gasteiger partial charge is 0.385 e. The zero-order chi connectivity index (χ0) is 10.2. The average molecular weight is 190 g/mol. The lowest BCUT2D eigenvalue weighted by Gasteiger charge is -2.25. The van der Waals surface area contributed by atoms with Crippen molar-refractivity contribution in [3.05, 3.63) is 35.4 Å². The van der Waals surface area contributed by atoms with E-state index in [-0.39, 0.29) is 0 Å². The Kier molecular flexibility index (Phi) is 2.36. The van der Waals surface area contributed by atoms with E-state index in [0.29, 0.717) is 5.92 Å². The van der Waals surface area contributed by atoms with Gasteiger partial charge in [0, 0.05) is 0 Å². The van der Waals surface area contributed by atoms with Crippen molar-refractivity contribution in [2.45, 2.75) is 38.7 Å². The molecule has 0 spiro atoms. The summed E-state index contributed by atoms with van der Waals surface area (Å²) < 4.78 is 0. The molecule has 2 rings (SSSR count). The molecule has 1 N–H and O–H groups in total. The molecular formula is C13H18O. The molecule has 1 nitrogen and oxygen atoms in total. The standard InChI is InChI=1S/C13H18O/c1-10(2)9-13(14)8-7-11-5-3-4-6-12(11)13/h3-6,10,14H,7-9H2,1-2H3/t13-/m1/s1. The first-order valence-electron chi connectivity index (χ1n) is 5.42. The fraction of sp³-hybridized carbons (Fsp3) is 0.538. The van der Waals surface area contributed by atoms with Gasteiger partial charge in [0.1, 0.15) is 0 Å². The lowest BCUT2D eigenvalue weighted by molar-refractivity contribution is 0.0173. The van der Waals surface area contributed by atoms with Gasteiger partial charge < -0.3 is 5.11 Å². The monoisotopic (exact) mass is 190 g/mol. The van der Waals surface area contributed by atoms with Crippen LogP contribution in [-0.2, 0) is 12.0 Å². The Bertz CT molecular complexity index is 330. The maximum Gasteiger partial charge on any atom is 0.0904 e. The molecule has 0 unspecified atom stereocenters. The number of aryl methyl sites for hydroxylation is 1. The summed E-state index contributed by atoms with van der Waals surface area (Å²) in [6.07, 6.45) is 2.80. The van der Waals surface area contributed by atoms with Gasteiger partial charge in [-0.05, 0) is 36.3 Å². The third-order valence-corrected chi connectivity index (χ3v) is 3.07. The molecule has 0 radical (unpaired) electrons. The normalized spacial score (nSPS) is 25.4. The van der Waals surface area contributed by atoms with Crippen LogP contribution in [0.5, 0.6) is 0 Å². The van der Waals surface area contributed by atoms with Gasteiger partial charge in [-0.1, -0.05) is 38.1 Å². The molecule has 0 heterocycles. The molecule has 1 aliphatic carbocycles. The molecule has 0 amide bonds. The summed E-state index contributed by atoms with van der Waals surface area (Å²) in [7, 11) is 0. The van der Waals surface area contributed by atoms with Crippen LogP contribution in [0.1, 0.15) is 37.8 Å². The molecule has 0 saturated heterocycles. The van der Waals surface area contributed by atoms with Crippen LogP contribution in [-0.4, -0.2) is 5.11 Å². The number of hydrogen-bond donors (Lipinski definition) is 1. The first-order valence-corrected chi connectivity index (χ1v) is 5.42. The Morgan fingerprint density at radius 3 is 2.79 bits per heavy atom. The highest BCUT2D eigenvalue weighted by Gasteiger charge is 2.36. The van der Waals surface area contributed by atoms with Crippen LogP contribution in [0.2, 0.25) is 0 Å². The molecule has 0 aromatic heterocycles. The van der Waals surface area contributed by atoms with Gasteiger partial charge in [-0.25, -0.2) is 0 Å². The number of rotatable bonds is 2. The second-order valence-electron chi connectivity index (χ2n) is 4.79. The van der Waals surface area contributed by atoms with E-state index in [1.165, 1.54) is 5.56 Å². The Balaban J connectivity index is 2.32. The quantitative estimate of drug-likeness (QED) is 0.760. The number of aliphatic hydroxyl groups is 1. The van der Waals surface area contributed by atoms with Crippen molar-refractivity contribution in [1.29, 1.82) is 0 Å². The molecule has 0 bridgehead atoms. The van der Waals surface area contributed by atoms with Crippen LogP contribution < -0.4 is 0 Å². The molecular weight excluding hydrogens is 172 g/mol. The lowest BCUT2D eigenvalue weighted by Crippen LogP contribution is -2.24. The van der Waals surface area contributed by atoms with E-state index >= 15 is 0 Å². The van der Waals surface area contributed by atoms with Crippen molar-refractivity contribution in [1.82, 2.24) is 0 Å². The van der Waals surface area contributed by atoms with Gasteiger partial charge in [-0.2, -0.15) is 0 Å². The van der Waals surface area contributed by atoms with Crippen molar-refractivity contribution in [2.75, 3.05) is 0 Å². The number of benzene rings is 1. The van der Waals surface area contributed by atoms with E-state index in [4.69, 9.17) is 0 Å². The molecule has 76 valence electrons. The third-order valence-electron chi connectivity index (χ3n) is 3.07. The minimum atomic E-state index is -0.551. The molecule has 1 heteroatoms. The smallest absolute Gasteiger partial charge is 0.0904 e. The van der Waals surface area contributed by atoms with Crippen LogP contribution >= 0.6 is 0 Å². The summed E-state index contributed by atoms with van der Waals surface area (Å²) in [5.74, 6) is 0.547. The van der Waals surface area contributed by atoms with Crippen molar-refractivity contribution < 1.29 is 5.11 Å². The molecule has 0 aliphatic heterocycles. The summed E-state index contributed by atoms with van der Waals surface area (Å²) in [6, 6.07) is 8.29. The van der Waals surface area contributed by atoms with Crippen LogP contribution in [0.4, 0.5) is 0 Å². The van der Waals surface area contributed by atoms with Gasteiger partial charge in [0.25, 0.3) is 0 Å². The van der Waals surface area contributed by atoms with Crippen LogP contribution in [0.15, 0.2) is 24.3 Å². The van der Waals surface area contributed by atoms with Gasteiger partial charge in [0.2, 0.25) is 0 Å². The minimum absolute atomic E-state index is 0.547. The molecule has 1 aromatic carbocycles. The van der Waals surface area contributed by atoms with E-state index in [0.717, 1.165) is 24.8 Å². The van der Waals surface area contributed by atoms with Crippen molar-refractivity contribution >= 4 is 0 Å². The SMILES string of the molecule is CC(C)C[C@]1(O)CCc2ccccc21. The van der Waals surface area contributed by atoms with Crippen LogP contribution in [0, 0.1) is 5.92 Å². The van der Waals surface area contributed by atoms with E-state index in [1.807, 2.05) is 6.07 Å². The summed E-state index contributed by atoms with van der Waals surface area (Å²) >= 11 is 0. The second-order valence-corrected chi connectivity index (χ2v) is 4.79. The van der Waals surface area contributed by atoms with Gasteiger partial charge in [0.05, 0.1) is 5.60 Å². The Morgan fingerprint density at radius 2 is 2.07 bits per heavy atom. The fourth-order valence-corrected chi connectivity index (χ4v) is 2.56. The van der Waals surface area contributed by atoms with Gasteiger partial charge in [-0.3, -0.25) is 0 Å². The predicted molar refractivity (Wildman–Crippen MR) is 58.1 cm³/mol. The third kappa shape index (κ3) is 1.57. The maximum atomic E-state index is 10.5. The van der Waals surface area contributed by atoms with Gasteiger partial charge >= 0.3 is 0 Å². The van der Waals surface area contributed by atoms with Gasteiger partial charge in [0.15, 0.2) is 0 Å². The first kappa shape index (κ1) is 9.72. The molecule has 0 fully saturated rings. The zero-order valence-electron chi connectivity index (χ0n) is 8.96. The fourth-order valence-electron chi connectivity index (χ4n) is 2.56. The van der Waals surface area contributed by atoms with E-state index in [9.17, 15) is 5.11 Å². The van der Waals surface area contributed by atoms with Crippen molar-refractivity contribution in [3.63, 3.8) is 0 Å². The maximum absolute atomic E-state index is 10.5. The molecule has 0 saturated carbocycles. The van der Waals surface area contributed by atoms with Crippen molar-refractivity contribution in [2.24, 2.45) is 5.92 Å². The molecule has 1 aliphatic rings. The van der Waals surface area contributed by atoms with E-state index in [2.05, 4.69) is 32.0 Å². The Hall–Kier alpha value is -0.820. The van der Waals surface area contributed by atoms with Gasteiger partial charge in [-0.15, -0.1) is 0 Å². The van der Waals surface area contributed by atoms with E-state index in [1.54, 1.807) is 0 Å². The summed E-state index contributed by atoms with van der Waals surface area (Å²) in [5, 5.41) is 10.5. The number of fused-ring (bicyclic) bond motifs is 1. The highest BCUT2D eigenvalue weighted by molar-refractivity contribution is 5.36. The number of hydrogen-bond acceptors (Lipinski definition) is 1. The average Bonchev–Trinajstić information content (AvgIpc) is 2.44. The highest BCUT2D eigenvalue weighted by atomic mass is 16.3. The zero-order valence-corrected chi connectivity index (χ0v) is 8.96. The molecule has 1 aromatic rings. The molecule has 1 atom stereocenters. The summed E-state index contributed by atoms with van der Waals surface area (Å²) in [5.41, 5.74) is 1.94. The lowest BCUT2D eigenvalue weighted by atomic mass is 9.87. The highest BCUT2D eigenvalue weighted by Crippen LogP contribution is 2.40. The topological polar surface area (TPSA) is 20.2 Å².